The maximum absolute atomic E-state index is 11.9. The smallest absolute Gasteiger partial charge is 0.221 e. The number of hydrogen-bond acceptors (Lipinski definition) is 2. The van der Waals surface area contributed by atoms with E-state index in [0.29, 0.717) is 18.5 Å². The molecular weight excluding hydrogens is 224 g/mol. The third-order valence-corrected chi connectivity index (χ3v) is 4.37. The maximum Gasteiger partial charge on any atom is 0.221 e. The van der Waals surface area contributed by atoms with E-state index in [1.807, 2.05) is 0 Å². The summed E-state index contributed by atoms with van der Waals surface area (Å²) >= 11 is 0. The molecule has 18 heavy (non-hydrogen) atoms. The van der Waals surface area contributed by atoms with Crippen LogP contribution in [0.5, 0.6) is 0 Å². The van der Waals surface area contributed by atoms with Gasteiger partial charge in [-0.3, -0.25) is 4.79 Å². The van der Waals surface area contributed by atoms with Crippen molar-refractivity contribution in [3.05, 3.63) is 0 Å². The summed E-state index contributed by atoms with van der Waals surface area (Å²) < 4.78 is 0. The zero-order valence-electron chi connectivity index (χ0n) is 11.7. The Morgan fingerprint density at radius 1 is 1.17 bits per heavy atom. The molecule has 0 aromatic rings. The lowest BCUT2D eigenvalue weighted by molar-refractivity contribution is -0.122. The van der Waals surface area contributed by atoms with Gasteiger partial charge in [-0.1, -0.05) is 26.2 Å². The molecule has 2 N–H and O–H groups in total. The van der Waals surface area contributed by atoms with Crippen molar-refractivity contribution in [1.29, 1.82) is 0 Å². The Morgan fingerprint density at radius 2 is 1.89 bits per heavy atom. The van der Waals surface area contributed by atoms with Gasteiger partial charge in [0.05, 0.1) is 0 Å². The van der Waals surface area contributed by atoms with Gasteiger partial charge in [-0.25, -0.2) is 0 Å². The molecule has 0 aromatic heterocycles. The normalized spacial score (nSPS) is 22.7. The summed E-state index contributed by atoms with van der Waals surface area (Å²) in [6.07, 6.45) is 11.0. The van der Waals surface area contributed by atoms with Gasteiger partial charge >= 0.3 is 0 Å². The van der Waals surface area contributed by atoms with E-state index in [1.54, 1.807) is 0 Å². The Hall–Kier alpha value is -0.570. The average Bonchev–Trinajstić information content (AvgIpc) is 3.21. The molecule has 3 nitrogen and oxygen atoms in total. The molecule has 2 fully saturated rings. The minimum atomic E-state index is 0.237. The quantitative estimate of drug-likeness (QED) is 0.731. The predicted octanol–water partition coefficient (Wildman–Crippen LogP) is 2.60. The number of rotatable bonds is 7. The number of carbonyl (C=O) groups is 1. The van der Waals surface area contributed by atoms with E-state index in [9.17, 15) is 4.79 Å². The summed E-state index contributed by atoms with van der Waals surface area (Å²) in [6, 6.07) is 1.12. The van der Waals surface area contributed by atoms with Crippen molar-refractivity contribution >= 4 is 5.91 Å². The lowest BCUT2D eigenvalue weighted by Gasteiger charge is -2.30. The van der Waals surface area contributed by atoms with Gasteiger partial charge in [0, 0.05) is 25.0 Å². The van der Waals surface area contributed by atoms with Crippen LogP contribution in [0.25, 0.3) is 0 Å². The highest BCUT2D eigenvalue weighted by Gasteiger charge is 2.24. The summed E-state index contributed by atoms with van der Waals surface area (Å²) in [7, 11) is 0. The zero-order chi connectivity index (χ0) is 12.8. The van der Waals surface area contributed by atoms with E-state index < -0.39 is 0 Å². The van der Waals surface area contributed by atoms with Gasteiger partial charge in [-0.15, -0.1) is 0 Å². The Bertz CT molecular complexity index is 257. The van der Waals surface area contributed by atoms with Crippen LogP contribution in [0.3, 0.4) is 0 Å². The molecule has 1 unspecified atom stereocenters. The lowest BCUT2D eigenvalue weighted by atomic mass is 9.83. The molecule has 2 saturated carbocycles. The molecule has 0 spiro atoms. The van der Waals surface area contributed by atoms with Crippen molar-refractivity contribution in [2.45, 2.75) is 76.8 Å². The van der Waals surface area contributed by atoms with E-state index in [4.69, 9.17) is 0 Å². The van der Waals surface area contributed by atoms with Gasteiger partial charge in [-0.05, 0) is 38.0 Å². The highest BCUT2D eigenvalue weighted by atomic mass is 16.1. The monoisotopic (exact) mass is 252 g/mol. The number of amides is 1. The third kappa shape index (κ3) is 4.60. The van der Waals surface area contributed by atoms with E-state index >= 15 is 0 Å². The molecule has 0 bridgehead atoms. The summed E-state index contributed by atoms with van der Waals surface area (Å²) in [5.41, 5.74) is 0. The fourth-order valence-electron chi connectivity index (χ4n) is 3.05. The molecule has 2 aliphatic carbocycles. The second-order valence-electron chi connectivity index (χ2n) is 5.96. The van der Waals surface area contributed by atoms with E-state index in [0.717, 1.165) is 18.9 Å². The molecule has 0 saturated heterocycles. The molecule has 0 heterocycles. The lowest BCUT2D eigenvalue weighted by Crippen LogP contribution is -2.41. The van der Waals surface area contributed by atoms with E-state index in [-0.39, 0.29) is 5.91 Å². The van der Waals surface area contributed by atoms with Gasteiger partial charge in [0.15, 0.2) is 0 Å². The molecule has 1 atom stereocenters. The molecule has 3 heteroatoms. The molecule has 0 aromatic carbocycles. The largest absolute Gasteiger partial charge is 0.353 e. The summed E-state index contributed by atoms with van der Waals surface area (Å²) in [5, 5.41) is 6.65. The van der Waals surface area contributed by atoms with Gasteiger partial charge in [0.25, 0.3) is 0 Å². The van der Waals surface area contributed by atoms with Crippen LogP contribution in [0.4, 0.5) is 0 Å². The molecule has 1 amide bonds. The van der Waals surface area contributed by atoms with Crippen LogP contribution < -0.4 is 10.6 Å². The van der Waals surface area contributed by atoms with Crippen molar-refractivity contribution in [3.8, 4) is 0 Å². The topological polar surface area (TPSA) is 41.1 Å². The second-order valence-corrected chi connectivity index (χ2v) is 5.96. The van der Waals surface area contributed by atoms with Crippen LogP contribution >= 0.6 is 0 Å². The standard InChI is InChI=1S/C15H28N2O/c1-2-14(12-6-4-3-5-7-12)17-15(18)10-11-16-13-8-9-13/h12-14,16H,2-11H2,1H3,(H,17,18). The summed E-state index contributed by atoms with van der Waals surface area (Å²) in [6.45, 7) is 3.04. The van der Waals surface area contributed by atoms with E-state index in [1.165, 1.54) is 44.9 Å². The molecular formula is C15H28N2O. The molecule has 2 aliphatic rings. The fourth-order valence-corrected chi connectivity index (χ4v) is 3.05. The highest BCUT2D eigenvalue weighted by Crippen LogP contribution is 2.27. The number of nitrogens with one attached hydrogen (secondary N) is 2. The third-order valence-electron chi connectivity index (χ3n) is 4.37. The predicted molar refractivity (Wildman–Crippen MR) is 74.4 cm³/mol. The number of carbonyl (C=O) groups excluding carboxylic acids is 1. The first kappa shape index (κ1) is 13.9. The summed E-state index contributed by atoms with van der Waals surface area (Å²) in [5.74, 6) is 0.963. The van der Waals surface area contributed by atoms with Crippen LogP contribution in [0.15, 0.2) is 0 Å². The van der Waals surface area contributed by atoms with Crippen LogP contribution in [-0.2, 0) is 4.79 Å². The zero-order valence-corrected chi connectivity index (χ0v) is 11.7. The van der Waals surface area contributed by atoms with Crippen molar-refractivity contribution in [2.24, 2.45) is 5.92 Å². The van der Waals surface area contributed by atoms with Crippen molar-refractivity contribution in [2.75, 3.05) is 6.54 Å². The Labute approximate surface area is 111 Å². The van der Waals surface area contributed by atoms with E-state index in [2.05, 4.69) is 17.6 Å². The number of hydrogen-bond donors (Lipinski definition) is 2. The Morgan fingerprint density at radius 3 is 2.50 bits per heavy atom. The van der Waals surface area contributed by atoms with Gasteiger partial charge in [0.1, 0.15) is 0 Å². The first-order valence-electron chi connectivity index (χ1n) is 7.82. The SMILES string of the molecule is CCC(NC(=O)CCNC1CC1)C1CCCCC1. The van der Waals surface area contributed by atoms with Crippen molar-refractivity contribution < 1.29 is 4.79 Å². The molecule has 0 aliphatic heterocycles. The first-order chi connectivity index (χ1) is 8.79. The highest BCUT2D eigenvalue weighted by molar-refractivity contribution is 5.76. The van der Waals surface area contributed by atoms with Gasteiger partial charge in [-0.2, -0.15) is 0 Å². The fraction of sp³-hybridized carbons (Fsp3) is 0.933. The Kier molecular flexibility index (Phi) is 5.48. The van der Waals surface area contributed by atoms with Crippen LogP contribution in [0, 0.1) is 5.92 Å². The molecule has 0 radical (unpaired) electrons. The van der Waals surface area contributed by atoms with Crippen molar-refractivity contribution in [3.63, 3.8) is 0 Å². The molecule has 2 rings (SSSR count). The van der Waals surface area contributed by atoms with Crippen LogP contribution in [0.1, 0.15) is 64.7 Å². The van der Waals surface area contributed by atoms with Crippen molar-refractivity contribution in [1.82, 2.24) is 10.6 Å². The first-order valence-corrected chi connectivity index (χ1v) is 7.82. The average molecular weight is 252 g/mol. The minimum absolute atomic E-state index is 0.237. The minimum Gasteiger partial charge on any atom is -0.353 e. The maximum atomic E-state index is 11.9. The van der Waals surface area contributed by atoms with Crippen LogP contribution in [-0.4, -0.2) is 24.5 Å². The second kappa shape index (κ2) is 7.13. The van der Waals surface area contributed by atoms with Crippen LogP contribution in [0.2, 0.25) is 0 Å². The summed E-state index contributed by atoms with van der Waals surface area (Å²) in [4.78, 5) is 11.9. The van der Waals surface area contributed by atoms with Gasteiger partial charge < -0.3 is 10.6 Å². The Balaban J connectivity index is 1.65. The van der Waals surface area contributed by atoms with Gasteiger partial charge in [0.2, 0.25) is 5.91 Å². The molecule has 104 valence electrons.